The first-order chi connectivity index (χ1) is 9.11. The molecule has 0 spiro atoms. The molecule has 19 heavy (non-hydrogen) atoms. The Morgan fingerprint density at radius 2 is 2.42 bits per heavy atom. The van der Waals surface area contributed by atoms with Crippen LogP contribution in [0.2, 0.25) is 0 Å². The van der Waals surface area contributed by atoms with Gasteiger partial charge in [-0.15, -0.1) is 11.8 Å². The lowest BCUT2D eigenvalue weighted by molar-refractivity contribution is -0.158. The first-order valence-corrected chi connectivity index (χ1v) is 7.12. The molecule has 0 aromatic carbocycles. The fourth-order valence-electron chi connectivity index (χ4n) is 2.59. The van der Waals surface area contributed by atoms with Crippen LogP contribution in [-0.4, -0.2) is 53.0 Å². The molecule has 1 amide bonds. The lowest BCUT2D eigenvalue weighted by Crippen LogP contribution is -2.61. The van der Waals surface area contributed by atoms with Crippen molar-refractivity contribution >= 4 is 30.3 Å². The predicted octanol–water partition coefficient (Wildman–Crippen LogP) is -0.271. The Labute approximate surface area is 115 Å². The molecule has 104 valence electrons. The van der Waals surface area contributed by atoms with Crippen LogP contribution in [0.15, 0.2) is 15.6 Å². The van der Waals surface area contributed by atoms with E-state index in [0.29, 0.717) is 24.4 Å². The number of hydrogen-bond acceptors (Lipinski definition) is 5. The molecule has 3 N–H and O–H groups in total. The highest BCUT2D eigenvalue weighted by atomic mass is 32.2. The third-order valence-electron chi connectivity index (χ3n) is 3.44. The molecule has 1 fully saturated rings. The summed E-state index contributed by atoms with van der Waals surface area (Å²) in [4.78, 5) is 29.4. The van der Waals surface area contributed by atoms with E-state index in [4.69, 9.17) is 5.73 Å². The van der Waals surface area contributed by atoms with Crippen molar-refractivity contribution in [3.8, 4) is 0 Å². The number of aldehydes is 1. The topological polar surface area (TPSA) is 96.0 Å². The largest absolute Gasteiger partial charge is 0.393 e. The summed E-state index contributed by atoms with van der Waals surface area (Å²) in [6.45, 7) is 2.19. The van der Waals surface area contributed by atoms with E-state index in [1.54, 1.807) is 6.92 Å². The van der Waals surface area contributed by atoms with Gasteiger partial charge in [0.15, 0.2) is 6.29 Å². The van der Waals surface area contributed by atoms with Gasteiger partial charge in [0.25, 0.3) is 0 Å². The minimum absolute atomic E-state index is 0.0618. The van der Waals surface area contributed by atoms with Crippen LogP contribution in [0.5, 0.6) is 0 Å². The number of carbonyl (C=O) groups excluding carboxylic acids is 2. The standard InChI is InChI=1S/C12H17N3O3S/c1-7(17)11-8-4-10(19-3-2-14-6-13)9(5-16)15(8)12(11)18/h5-8,11,17H,2-4H2,1H3,(H2,13,14)/t7-,8-,11-/m1/s1. The maximum atomic E-state index is 11.9. The molecule has 0 aromatic heterocycles. The molecule has 3 atom stereocenters. The summed E-state index contributed by atoms with van der Waals surface area (Å²) in [7, 11) is 0. The van der Waals surface area contributed by atoms with Crippen LogP contribution >= 0.6 is 11.8 Å². The summed E-state index contributed by atoms with van der Waals surface area (Å²) in [6, 6.07) is -0.0618. The molecule has 7 heteroatoms. The van der Waals surface area contributed by atoms with Gasteiger partial charge in [0.2, 0.25) is 5.91 Å². The summed E-state index contributed by atoms with van der Waals surface area (Å²) in [5.74, 6) is 0.182. The zero-order valence-electron chi connectivity index (χ0n) is 10.7. The Balaban J connectivity index is 2.03. The number of aliphatic imine (C=N–C) groups is 1. The van der Waals surface area contributed by atoms with Gasteiger partial charge in [0, 0.05) is 17.1 Å². The average Bonchev–Trinajstić information content (AvgIpc) is 2.68. The number of rotatable bonds is 6. The molecule has 2 heterocycles. The molecule has 0 bridgehead atoms. The van der Waals surface area contributed by atoms with Crippen molar-refractivity contribution in [3.05, 3.63) is 10.6 Å². The van der Waals surface area contributed by atoms with Gasteiger partial charge in [-0.05, 0) is 6.92 Å². The molecule has 2 aliphatic rings. The molecular weight excluding hydrogens is 266 g/mol. The van der Waals surface area contributed by atoms with E-state index in [1.807, 2.05) is 0 Å². The second-order valence-corrected chi connectivity index (χ2v) is 5.77. The van der Waals surface area contributed by atoms with Crippen molar-refractivity contribution in [2.75, 3.05) is 12.3 Å². The van der Waals surface area contributed by atoms with Gasteiger partial charge in [-0.2, -0.15) is 0 Å². The monoisotopic (exact) mass is 283 g/mol. The lowest BCUT2D eigenvalue weighted by Gasteiger charge is -2.44. The van der Waals surface area contributed by atoms with Gasteiger partial charge < -0.3 is 15.7 Å². The number of fused-ring (bicyclic) bond motifs is 1. The minimum atomic E-state index is -0.673. The van der Waals surface area contributed by atoms with E-state index < -0.39 is 6.10 Å². The zero-order valence-corrected chi connectivity index (χ0v) is 11.5. The van der Waals surface area contributed by atoms with Gasteiger partial charge in [-0.25, -0.2) is 0 Å². The van der Waals surface area contributed by atoms with E-state index in [2.05, 4.69) is 4.99 Å². The van der Waals surface area contributed by atoms with Crippen molar-refractivity contribution in [1.82, 2.24) is 4.90 Å². The predicted molar refractivity (Wildman–Crippen MR) is 73.5 cm³/mol. The van der Waals surface area contributed by atoms with Crippen LogP contribution in [0, 0.1) is 5.92 Å². The summed E-state index contributed by atoms with van der Waals surface area (Å²) in [5, 5.41) is 9.59. The minimum Gasteiger partial charge on any atom is -0.393 e. The number of nitrogens with two attached hydrogens (primary N) is 1. The first-order valence-electron chi connectivity index (χ1n) is 6.14. The highest BCUT2D eigenvalue weighted by molar-refractivity contribution is 8.03. The van der Waals surface area contributed by atoms with Gasteiger partial charge in [0.05, 0.1) is 36.6 Å². The smallest absolute Gasteiger partial charge is 0.235 e. The van der Waals surface area contributed by atoms with Crippen molar-refractivity contribution < 1.29 is 14.7 Å². The summed E-state index contributed by atoms with van der Waals surface area (Å²) in [5.41, 5.74) is 5.60. The fraction of sp³-hybridized carbons (Fsp3) is 0.583. The molecule has 1 saturated heterocycles. The SMILES string of the molecule is C[C@@H](O)[C@H]1C(=O)N2C(C=O)=C(SCCN=CN)C[C@H]12. The third-order valence-corrected chi connectivity index (χ3v) is 4.55. The maximum absolute atomic E-state index is 11.9. The summed E-state index contributed by atoms with van der Waals surface area (Å²) < 4.78 is 0. The van der Waals surface area contributed by atoms with E-state index in [9.17, 15) is 14.7 Å². The molecule has 0 aromatic rings. The quantitative estimate of drug-likeness (QED) is 0.230. The third kappa shape index (κ3) is 2.40. The number of thioether (sulfide) groups is 1. The first kappa shape index (κ1) is 14.1. The Morgan fingerprint density at radius 3 is 3.00 bits per heavy atom. The maximum Gasteiger partial charge on any atom is 0.235 e. The molecule has 0 radical (unpaired) electrons. The second-order valence-electron chi connectivity index (χ2n) is 4.58. The Kier molecular flexibility index (Phi) is 4.26. The Morgan fingerprint density at radius 1 is 1.68 bits per heavy atom. The van der Waals surface area contributed by atoms with Crippen LogP contribution in [0.25, 0.3) is 0 Å². The van der Waals surface area contributed by atoms with Crippen LogP contribution in [-0.2, 0) is 9.59 Å². The highest BCUT2D eigenvalue weighted by Gasteiger charge is 2.54. The van der Waals surface area contributed by atoms with Gasteiger partial charge in [-0.1, -0.05) is 0 Å². The number of carbonyl (C=O) groups is 2. The lowest BCUT2D eigenvalue weighted by atomic mass is 9.83. The number of hydrogen-bond donors (Lipinski definition) is 2. The van der Waals surface area contributed by atoms with E-state index in [-0.39, 0.29) is 17.9 Å². The molecule has 0 aliphatic carbocycles. The van der Waals surface area contributed by atoms with Crippen molar-refractivity contribution in [2.45, 2.75) is 25.5 Å². The Hall–Kier alpha value is -1.34. The second kappa shape index (κ2) is 5.75. The molecule has 2 aliphatic heterocycles. The van der Waals surface area contributed by atoms with Crippen LogP contribution in [0.1, 0.15) is 13.3 Å². The highest BCUT2D eigenvalue weighted by Crippen LogP contribution is 2.46. The number of allylic oxidation sites excluding steroid dienone is 1. The summed E-state index contributed by atoms with van der Waals surface area (Å²) in [6.07, 6.45) is 1.95. The van der Waals surface area contributed by atoms with Crippen LogP contribution in [0.3, 0.4) is 0 Å². The molecular formula is C12H17N3O3S. The normalized spacial score (nSPS) is 27.7. The zero-order chi connectivity index (χ0) is 14.0. The van der Waals surface area contributed by atoms with E-state index in [1.165, 1.54) is 23.0 Å². The van der Waals surface area contributed by atoms with E-state index in [0.717, 1.165) is 11.2 Å². The van der Waals surface area contributed by atoms with E-state index >= 15 is 0 Å². The number of aliphatic hydroxyl groups excluding tert-OH is 1. The average molecular weight is 283 g/mol. The van der Waals surface area contributed by atoms with Crippen molar-refractivity contribution in [2.24, 2.45) is 16.6 Å². The molecule has 2 rings (SSSR count). The van der Waals surface area contributed by atoms with Crippen molar-refractivity contribution in [3.63, 3.8) is 0 Å². The summed E-state index contributed by atoms with van der Waals surface area (Å²) >= 11 is 1.52. The molecule has 0 saturated carbocycles. The van der Waals surface area contributed by atoms with Crippen LogP contribution in [0.4, 0.5) is 0 Å². The number of aliphatic hydroxyl groups is 1. The number of nitrogens with zero attached hydrogens (tertiary/aromatic N) is 2. The van der Waals surface area contributed by atoms with Gasteiger partial charge in [-0.3, -0.25) is 14.6 Å². The van der Waals surface area contributed by atoms with Crippen molar-refractivity contribution in [1.29, 1.82) is 0 Å². The van der Waals surface area contributed by atoms with Crippen LogP contribution < -0.4 is 5.73 Å². The van der Waals surface area contributed by atoms with Gasteiger partial charge in [0.1, 0.15) is 0 Å². The fourth-order valence-corrected chi connectivity index (χ4v) is 3.62. The van der Waals surface area contributed by atoms with Gasteiger partial charge >= 0.3 is 0 Å². The number of amides is 1. The molecule has 6 nitrogen and oxygen atoms in total. The molecule has 0 unspecified atom stereocenters. The Bertz CT molecular complexity index is 448. The number of β-lactam (4-membered cyclic amide) rings is 1.